The summed E-state index contributed by atoms with van der Waals surface area (Å²) in [6, 6.07) is 15.9. The third-order valence-corrected chi connectivity index (χ3v) is 5.30. The van der Waals surface area contributed by atoms with Crippen molar-refractivity contribution < 1.29 is 9.53 Å². The molecule has 2 aromatic carbocycles. The molecule has 0 aliphatic heterocycles. The van der Waals surface area contributed by atoms with E-state index in [-0.39, 0.29) is 5.91 Å². The normalized spacial score (nSPS) is 10.8. The van der Waals surface area contributed by atoms with E-state index in [1.807, 2.05) is 31.2 Å². The predicted octanol–water partition coefficient (Wildman–Crippen LogP) is 5.24. The second-order valence-electron chi connectivity index (χ2n) is 6.22. The molecule has 4 nitrogen and oxygen atoms in total. The van der Waals surface area contributed by atoms with E-state index in [2.05, 4.69) is 43.4 Å². The molecule has 0 atom stereocenters. The van der Waals surface area contributed by atoms with Gasteiger partial charge in [0.25, 0.3) is 0 Å². The second-order valence-corrected chi connectivity index (χ2v) is 7.18. The minimum atomic E-state index is -0.0686. The molecule has 0 bridgehead atoms. The van der Waals surface area contributed by atoms with E-state index >= 15 is 0 Å². The zero-order chi connectivity index (χ0) is 19.2. The first-order chi connectivity index (χ1) is 13.1. The highest BCUT2D eigenvalue weighted by atomic mass is 32.2. The topological polar surface area (TPSA) is 51.2 Å². The van der Waals surface area contributed by atoms with Crippen molar-refractivity contribution in [1.82, 2.24) is 4.98 Å². The maximum Gasteiger partial charge on any atom is 0.234 e. The Morgan fingerprint density at radius 1 is 1.15 bits per heavy atom. The van der Waals surface area contributed by atoms with Crippen molar-refractivity contribution in [2.75, 3.05) is 17.7 Å². The number of pyridine rings is 1. The Kier molecular flexibility index (Phi) is 6.35. The Hall–Kier alpha value is -2.53. The fourth-order valence-corrected chi connectivity index (χ4v) is 3.81. The lowest BCUT2D eigenvalue weighted by molar-refractivity contribution is -0.113. The Labute approximate surface area is 164 Å². The SMILES string of the molecule is CCOc1ccccc1NC(=O)CSc1nc2c(C)cccc2cc1CC. The van der Waals surface area contributed by atoms with E-state index in [1.165, 1.54) is 17.3 Å². The molecule has 0 saturated carbocycles. The number of hydrogen-bond donors (Lipinski definition) is 1. The standard InChI is InChI=1S/C22H24N2O2S/c1-4-16-13-17-10-8-9-15(3)21(17)24-22(16)27-14-20(25)23-18-11-6-7-12-19(18)26-5-2/h6-13H,4-5,14H2,1-3H3,(H,23,25). The molecule has 0 aliphatic rings. The highest BCUT2D eigenvalue weighted by Gasteiger charge is 2.12. The van der Waals surface area contributed by atoms with Gasteiger partial charge in [-0.1, -0.05) is 49.0 Å². The van der Waals surface area contributed by atoms with Crippen molar-refractivity contribution in [2.45, 2.75) is 32.2 Å². The number of nitrogens with one attached hydrogen (secondary N) is 1. The van der Waals surface area contributed by atoms with E-state index < -0.39 is 0 Å². The summed E-state index contributed by atoms with van der Waals surface area (Å²) in [4.78, 5) is 17.3. The van der Waals surface area contributed by atoms with Gasteiger partial charge >= 0.3 is 0 Å². The zero-order valence-corrected chi connectivity index (χ0v) is 16.7. The first kappa shape index (κ1) is 19.2. The van der Waals surface area contributed by atoms with Gasteiger partial charge in [0.2, 0.25) is 5.91 Å². The Morgan fingerprint density at radius 3 is 2.74 bits per heavy atom. The van der Waals surface area contributed by atoms with Crippen LogP contribution in [0.5, 0.6) is 5.75 Å². The number of nitrogens with zero attached hydrogens (tertiary/aromatic N) is 1. The summed E-state index contributed by atoms with van der Waals surface area (Å²) >= 11 is 1.48. The molecule has 3 rings (SSSR count). The van der Waals surface area contributed by atoms with E-state index in [0.717, 1.165) is 27.9 Å². The first-order valence-corrected chi connectivity index (χ1v) is 10.1. The number of thioether (sulfide) groups is 1. The number of aryl methyl sites for hydroxylation is 2. The largest absolute Gasteiger partial charge is 0.492 e. The fourth-order valence-electron chi connectivity index (χ4n) is 2.92. The van der Waals surface area contributed by atoms with Crippen LogP contribution >= 0.6 is 11.8 Å². The summed E-state index contributed by atoms with van der Waals surface area (Å²) in [7, 11) is 0. The van der Waals surface area contributed by atoms with Crippen LogP contribution in [-0.4, -0.2) is 23.3 Å². The van der Waals surface area contributed by atoms with E-state index in [4.69, 9.17) is 9.72 Å². The van der Waals surface area contributed by atoms with E-state index in [9.17, 15) is 4.79 Å². The van der Waals surface area contributed by atoms with Gasteiger partial charge in [-0.2, -0.15) is 0 Å². The van der Waals surface area contributed by atoms with Crippen molar-refractivity contribution in [1.29, 1.82) is 0 Å². The fraction of sp³-hybridized carbons (Fsp3) is 0.273. The van der Waals surface area contributed by atoms with Crippen LogP contribution < -0.4 is 10.1 Å². The van der Waals surface area contributed by atoms with Crippen LogP contribution in [0.1, 0.15) is 25.0 Å². The summed E-state index contributed by atoms with van der Waals surface area (Å²) in [5.41, 5.74) is 4.01. The van der Waals surface area contributed by atoms with Crippen LogP contribution in [0.15, 0.2) is 53.6 Å². The number of carbonyl (C=O) groups is 1. The van der Waals surface area contributed by atoms with Gasteiger partial charge < -0.3 is 10.1 Å². The molecule has 0 spiro atoms. The highest BCUT2D eigenvalue weighted by molar-refractivity contribution is 8.00. The third-order valence-electron chi connectivity index (χ3n) is 4.27. The molecule has 0 fully saturated rings. The highest BCUT2D eigenvalue weighted by Crippen LogP contribution is 2.28. The Bertz CT molecular complexity index is 956. The molecule has 0 aliphatic carbocycles. The maximum absolute atomic E-state index is 12.5. The number of amides is 1. The third kappa shape index (κ3) is 4.61. The number of carbonyl (C=O) groups excluding carboxylic acids is 1. The van der Waals surface area contributed by atoms with Gasteiger partial charge in [-0.25, -0.2) is 4.98 Å². The molecule has 1 heterocycles. The van der Waals surface area contributed by atoms with Gasteiger partial charge in [-0.3, -0.25) is 4.79 Å². The van der Waals surface area contributed by atoms with E-state index in [0.29, 0.717) is 23.8 Å². The number of para-hydroxylation sites is 3. The molecule has 0 radical (unpaired) electrons. The van der Waals surface area contributed by atoms with Gasteiger partial charge in [0.05, 0.1) is 23.6 Å². The number of hydrogen-bond acceptors (Lipinski definition) is 4. The number of rotatable bonds is 7. The molecule has 1 amide bonds. The lowest BCUT2D eigenvalue weighted by Crippen LogP contribution is -2.15. The summed E-state index contributed by atoms with van der Waals surface area (Å²) in [5, 5.41) is 5.01. The van der Waals surface area contributed by atoms with Crippen LogP contribution in [0.2, 0.25) is 0 Å². The average molecular weight is 381 g/mol. The minimum Gasteiger partial charge on any atom is -0.492 e. The second kappa shape index (κ2) is 8.91. The molecule has 3 aromatic rings. The van der Waals surface area contributed by atoms with Crippen LogP contribution in [-0.2, 0) is 11.2 Å². The summed E-state index contributed by atoms with van der Waals surface area (Å²) in [6.45, 7) is 6.66. The van der Waals surface area contributed by atoms with Crippen molar-refractivity contribution >= 4 is 34.3 Å². The van der Waals surface area contributed by atoms with Gasteiger partial charge in [0.15, 0.2) is 0 Å². The number of anilines is 1. The number of fused-ring (bicyclic) bond motifs is 1. The number of ether oxygens (including phenoxy) is 1. The zero-order valence-electron chi connectivity index (χ0n) is 15.9. The maximum atomic E-state index is 12.5. The molecule has 5 heteroatoms. The van der Waals surface area contributed by atoms with Crippen molar-refractivity contribution in [3.05, 3.63) is 59.7 Å². The van der Waals surface area contributed by atoms with Crippen LogP contribution in [0.3, 0.4) is 0 Å². The average Bonchev–Trinajstić information content (AvgIpc) is 2.68. The van der Waals surface area contributed by atoms with Gasteiger partial charge in [0, 0.05) is 5.39 Å². The van der Waals surface area contributed by atoms with Crippen molar-refractivity contribution in [3.63, 3.8) is 0 Å². The van der Waals surface area contributed by atoms with Crippen LogP contribution in [0.4, 0.5) is 5.69 Å². The minimum absolute atomic E-state index is 0.0686. The lowest BCUT2D eigenvalue weighted by atomic mass is 10.1. The van der Waals surface area contributed by atoms with Crippen molar-refractivity contribution in [2.24, 2.45) is 0 Å². The Balaban J connectivity index is 1.74. The van der Waals surface area contributed by atoms with Crippen molar-refractivity contribution in [3.8, 4) is 5.75 Å². The Morgan fingerprint density at radius 2 is 1.96 bits per heavy atom. The quantitative estimate of drug-likeness (QED) is 0.570. The molecule has 1 N–H and O–H groups in total. The van der Waals surface area contributed by atoms with Crippen LogP contribution in [0, 0.1) is 6.92 Å². The van der Waals surface area contributed by atoms with Gasteiger partial charge in [-0.05, 0) is 49.6 Å². The molecular weight excluding hydrogens is 356 g/mol. The lowest BCUT2D eigenvalue weighted by Gasteiger charge is -2.12. The monoisotopic (exact) mass is 380 g/mol. The molecule has 0 saturated heterocycles. The number of aromatic nitrogens is 1. The summed E-state index contributed by atoms with van der Waals surface area (Å²) in [5.74, 6) is 0.922. The van der Waals surface area contributed by atoms with Gasteiger partial charge in [0.1, 0.15) is 10.8 Å². The van der Waals surface area contributed by atoms with Crippen LogP contribution in [0.25, 0.3) is 10.9 Å². The smallest absolute Gasteiger partial charge is 0.234 e. The van der Waals surface area contributed by atoms with Gasteiger partial charge in [-0.15, -0.1) is 0 Å². The first-order valence-electron chi connectivity index (χ1n) is 9.16. The molecular formula is C22H24N2O2S. The molecule has 0 unspecified atom stereocenters. The number of benzene rings is 2. The van der Waals surface area contributed by atoms with E-state index in [1.54, 1.807) is 0 Å². The molecule has 1 aromatic heterocycles. The summed E-state index contributed by atoms with van der Waals surface area (Å²) < 4.78 is 5.56. The summed E-state index contributed by atoms with van der Waals surface area (Å²) in [6.07, 6.45) is 0.883. The molecule has 27 heavy (non-hydrogen) atoms. The molecule has 140 valence electrons. The predicted molar refractivity (Wildman–Crippen MR) is 113 cm³/mol.